The molecule has 2 unspecified atom stereocenters. The third kappa shape index (κ3) is 5.30. The number of amides is 4. The van der Waals surface area contributed by atoms with Gasteiger partial charge in [-0.15, -0.1) is 5.92 Å². The molecule has 2 fully saturated rings. The van der Waals surface area contributed by atoms with Crippen LogP contribution >= 0.6 is 0 Å². The van der Waals surface area contributed by atoms with Crippen molar-refractivity contribution < 1.29 is 33.1 Å². The van der Waals surface area contributed by atoms with Crippen molar-refractivity contribution in [3.05, 3.63) is 17.9 Å². The van der Waals surface area contributed by atoms with Gasteiger partial charge in [-0.2, -0.15) is 4.90 Å². The van der Waals surface area contributed by atoms with Gasteiger partial charge >= 0.3 is 18.1 Å². The Hall–Kier alpha value is -4.21. The lowest BCUT2D eigenvalue weighted by Gasteiger charge is -2.46. The van der Waals surface area contributed by atoms with E-state index in [1.54, 1.807) is 46.6 Å². The largest absolute Gasteiger partial charge is 0.463 e. The number of nitrogens with one attached hydrogen (secondary N) is 1. The van der Waals surface area contributed by atoms with Crippen LogP contribution in [0.15, 0.2) is 21.5 Å². The van der Waals surface area contributed by atoms with Crippen LogP contribution in [-0.2, 0) is 14.3 Å². The molecule has 0 aliphatic carbocycles. The zero-order valence-electron chi connectivity index (χ0n) is 23.9. The lowest BCUT2D eigenvalue weighted by atomic mass is 9.97. The molecular formula is C27H36N6O7. The number of carbonyl (C=O) groups excluding carboxylic acids is 4. The smallest absolute Gasteiger partial charge is 0.407 e. The molecule has 0 radical (unpaired) electrons. The van der Waals surface area contributed by atoms with Gasteiger partial charge in [0, 0.05) is 32.2 Å². The fraction of sp³-hybridized carbons (Fsp3) is 0.593. The number of imide groups is 1. The van der Waals surface area contributed by atoms with Crippen LogP contribution < -0.4 is 10.2 Å². The van der Waals surface area contributed by atoms with Crippen LogP contribution in [0.2, 0.25) is 0 Å². The van der Waals surface area contributed by atoms with Crippen molar-refractivity contribution >= 4 is 35.8 Å². The first-order valence-corrected chi connectivity index (χ1v) is 13.1. The fourth-order valence-corrected chi connectivity index (χ4v) is 5.11. The van der Waals surface area contributed by atoms with Gasteiger partial charge in [-0.05, 0) is 53.5 Å². The second kappa shape index (κ2) is 10.7. The summed E-state index contributed by atoms with van der Waals surface area (Å²) in [6.07, 6.45) is 1.03. The first kappa shape index (κ1) is 28.8. The van der Waals surface area contributed by atoms with Crippen molar-refractivity contribution in [2.45, 2.75) is 70.8 Å². The summed E-state index contributed by atoms with van der Waals surface area (Å²) < 4.78 is 15.6. The summed E-state index contributed by atoms with van der Waals surface area (Å²) in [5.41, 5.74) is -1.86. The number of piperidine rings is 1. The molecule has 3 aliphatic rings. The van der Waals surface area contributed by atoms with Gasteiger partial charge in [0.2, 0.25) is 17.6 Å². The lowest BCUT2D eigenvalue weighted by Crippen LogP contribution is -2.71. The Morgan fingerprint density at radius 1 is 1.27 bits per heavy atom. The standard InChI is InChI=1S/C27H36N6O7/c1-8-9-15-32-20-21(34)33(19-13-12-18(39-19)22(35)38-7)25(37)30(6)27(20,5)29-23(32)31-14-10-11-17(16-31)28-24(36)40-26(2,3)4/h12-13,17,20H,10-11,14-16H2,1-7H3,(H,28,36)/t17-,20?,27?/m1/s1. The third-order valence-electron chi connectivity index (χ3n) is 7.07. The van der Waals surface area contributed by atoms with Crippen LogP contribution in [0.5, 0.6) is 0 Å². The lowest BCUT2D eigenvalue weighted by molar-refractivity contribution is -0.127. The number of esters is 1. The van der Waals surface area contributed by atoms with Gasteiger partial charge < -0.3 is 29.0 Å². The van der Waals surface area contributed by atoms with Crippen LogP contribution in [0.4, 0.5) is 15.5 Å². The van der Waals surface area contributed by atoms with E-state index in [4.69, 9.17) is 14.1 Å². The van der Waals surface area contributed by atoms with Crippen LogP contribution in [0.3, 0.4) is 0 Å². The van der Waals surface area contributed by atoms with Crippen molar-refractivity contribution in [1.82, 2.24) is 20.0 Å². The molecule has 2 saturated heterocycles. The number of guanidine groups is 1. The van der Waals surface area contributed by atoms with Crippen LogP contribution in [0.1, 0.15) is 58.0 Å². The van der Waals surface area contributed by atoms with E-state index in [1.165, 1.54) is 24.1 Å². The number of furan rings is 1. The molecule has 13 nitrogen and oxygen atoms in total. The number of methoxy groups -OCH3 is 1. The van der Waals surface area contributed by atoms with Crippen LogP contribution in [0, 0.1) is 11.8 Å². The number of urea groups is 1. The first-order chi connectivity index (χ1) is 18.8. The maximum atomic E-state index is 14.0. The normalized spacial score (nSPS) is 24.7. The molecular weight excluding hydrogens is 520 g/mol. The molecule has 4 amide bonds. The van der Waals surface area contributed by atoms with Crippen LogP contribution in [-0.4, -0.2) is 102 Å². The Balaban J connectivity index is 1.64. The van der Waals surface area contributed by atoms with Crippen molar-refractivity contribution in [3.63, 3.8) is 0 Å². The Morgan fingerprint density at radius 2 is 2.00 bits per heavy atom. The summed E-state index contributed by atoms with van der Waals surface area (Å²) in [5, 5.41) is 2.93. The maximum Gasteiger partial charge on any atom is 0.407 e. The predicted octanol–water partition coefficient (Wildman–Crippen LogP) is 2.23. The molecule has 1 aromatic heterocycles. The van der Waals surface area contributed by atoms with Gasteiger partial charge in [0.15, 0.2) is 11.7 Å². The molecule has 4 heterocycles. The summed E-state index contributed by atoms with van der Waals surface area (Å²) in [6.45, 7) is 10.1. The zero-order valence-corrected chi connectivity index (χ0v) is 23.9. The molecule has 0 spiro atoms. The van der Waals surface area contributed by atoms with Crippen molar-refractivity contribution in [1.29, 1.82) is 0 Å². The number of hydrogen-bond acceptors (Lipinski definition) is 10. The average Bonchev–Trinajstić information content (AvgIpc) is 3.48. The molecule has 0 bridgehead atoms. The number of likely N-dealkylation sites (N-methyl/N-ethyl adjacent to an activating group) is 1. The van der Waals surface area contributed by atoms with E-state index in [0.717, 1.165) is 17.7 Å². The highest BCUT2D eigenvalue weighted by molar-refractivity contribution is 6.19. The number of nitrogens with zero attached hydrogens (tertiary/aromatic N) is 5. The summed E-state index contributed by atoms with van der Waals surface area (Å²) in [6, 6.07) is 0.953. The summed E-state index contributed by atoms with van der Waals surface area (Å²) in [7, 11) is 2.78. The van der Waals surface area contributed by atoms with E-state index in [9.17, 15) is 19.2 Å². The van der Waals surface area contributed by atoms with Gasteiger partial charge in [0.05, 0.1) is 13.7 Å². The highest BCUT2D eigenvalue weighted by Crippen LogP contribution is 2.39. The Kier molecular flexibility index (Phi) is 7.74. The molecule has 3 aliphatic heterocycles. The quantitative estimate of drug-likeness (QED) is 0.437. The molecule has 3 atom stereocenters. The minimum atomic E-state index is -1.24. The van der Waals surface area contributed by atoms with E-state index in [-0.39, 0.29) is 24.2 Å². The highest BCUT2D eigenvalue weighted by atomic mass is 16.6. The van der Waals surface area contributed by atoms with E-state index >= 15 is 0 Å². The maximum absolute atomic E-state index is 14.0. The van der Waals surface area contributed by atoms with E-state index in [2.05, 4.69) is 21.9 Å². The Bertz CT molecular complexity index is 1290. The van der Waals surface area contributed by atoms with Gasteiger partial charge in [-0.3, -0.25) is 9.69 Å². The minimum absolute atomic E-state index is 0.0983. The van der Waals surface area contributed by atoms with Gasteiger partial charge in [-0.25, -0.2) is 19.4 Å². The summed E-state index contributed by atoms with van der Waals surface area (Å²) >= 11 is 0. The number of ether oxygens (including phenoxy) is 2. The van der Waals surface area contributed by atoms with E-state index < -0.39 is 41.3 Å². The predicted molar refractivity (Wildman–Crippen MR) is 144 cm³/mol. The number of rotatable bonds is 4. The molecule has 0 aromatic carbocycles. The van der Waals surface area contributed by atoms with Crippen molar-refractivity contribution in [2.75, 3.05) is 38.7 Å². The number of anilines is 1. The van der Waals surface area contributed by atoms with Gasteiger partial charge in [-0.1, -0.05) is 5.92 Å². The molecule has 13 heteroatoms. The molecule has 0 saturated carbocycles. The third-order valence-corrected chi connectivity index (χ3v) is 7.07. The zero-order chi connectivity index (χ0) is 29.4. The second-order valence-electron chi connectivity index (χ2n) is 11.0. The first-order valence-electron chi connectivity index (χ1n) is 13.1. The minimum Gasteiger partial charge on any atom is -0.463 e. The molecule has 216 valence electrons. The summed E-state index contributed by atoms with van der Waals surface area (Å²) in [5.74, 6) is 4.88. The molecule has 1 aromatic rings. The number of hydrogen-bond donors (Lipinski definition) is 1. The number of alkyl carbamates (subject to hydrolysis) is 1. The fourth-order valence-electron chi connectivity index (χ4n) is 5.11. The van der Waals surface area contributed by atoms with Crippen molar-refractivity contribution in [2.24, 2.45) is 4.99 Å². The monoisotopic (exact) mass is 556 g/mol. The van der Waals surface area contributed by atoms with E-state index in [0.29, 0.717) is 19.0 Å². The summed E-state index contributed by atoms with van der Waals surface area (Å²) in [4.78, 5) is 62.9. The molecule has 1 N–H and O–H groups in total. The van der Waals surface area contributed by atoms with Gasteiger partial charge in [0.25, 0.3) is 5.91 Å². The molecule has 4 rings (SSSR count). The van der Waals surface area contributed by atoms with Crippen molar-refractivity contribution in [3.8, 4) is 11.8 Å². The number of aliphatic imine (C=N–C) groups is 1. The van der Waals surface area contributed by atoms with Crippen LogP contribution in [0.25, 0.3) is 0 Å². The SMILES string of the molecule is CC#CCN1C(N2CCC[C@@H](NC(=O)OC(C)(C)C)C2)=NC2(C)C1C(=O)N(c1ccc(C(=O)OC)o1)C(=O)N2C. The van der Waals surface area contributed by atoms with E-state index in [1.807, 2.05) is 4.90 Å². The Labute approximate surface area is 233 Å². The average molecular weight is 557 g/mol. The number of carbonyl (C=O) groups is 4. The highest BCUT2D eigenvalue weighted by Gasteiger charge is 2.61. The number of likely N-dealkylation sites (tertiary alicyclic amines) is 1. The number of fused-ring (bicyclic) bond motifs is 1. The van der Waals surface area contributed by atoms with Gasteiger partial charge in [0.1, 0.15) is 5.60 Å². The molecule has 40 heavy (non-hydrogen) atoms. The second-order valence-corrected chi connectivity index (χ2v) is 11.0. The topological polar surface area (TPSA) is 137 Å². The Morgan fingerprint density at radius 3 is 2.65 bits per heavy atom.